The largest absolute Gasteiger partial charge is 0.416 e. The lowest BCUT2D eigenvalue weighted by Crippen LogP contribution is -2.27. The summed E-state index contributed by atoms with van der Waals surface area (Å²) in [7, 11) is 0. The molecular weight excluding hydrogens is 337 g/mol. The van der Waals surface area contributed by atoms with Gasteiger partial charge in [0.1, 0.15) is 0 Å². The molecule has 0 saturated carbocycles. The summed E-state index contributed by atoms with van der Waals surface area (Å²) in [6.45, 7) is 3.09. The fourth-order valence-electron chi connectivity index (χ4n) is 2.39. The van der Waals surface area contributed by atoms with E-state index in [0.29, 0.717) is 5.56 Å². The van der Waals surface area contributed by atoms with Crippen LogP contribution in [0.15, 0.2) is 42.5 Å². The first kappa shape index (κ1) is 18.4. The number of nitro benzene ring substituents is 1. The fourth-order valence-corrected chi connectivity index (χ4v) is 2.39. The first-order valence-electron chi connectivity index (χ1n) is 7.33. The summed E-state index contributed by atoms with van der Waals surface area (Å²) in [6, 6.07) is 8.05. The van der Waals surface area contributed by atoms with Crippen LogP contribution in [-0.4, -0.2) is 10.8 Å². The molecule has 25 heavy (non-hydrogen) atoms. The quantitative estimate of drug-likeness (QED) is 0.654. The first-order valence-corrected chi connectivity index (χ1v) is 7.33. The van der Waals surface area contributed by atoms with Crippen LogP contribution < -0.4 is 5.32 Å². The molecule has 0 aliphatic carbocycles. The van der Waals surface area contributed by atoms with E-state index in [4.69, 9.17) is 0 Å². The van der Waals surface area contributed by atoms with Crippen LogP contribution in [-0.2, 0) is 6.18 Å². The van der Waals surface area contributed by atoms with Gasteiger partial charge < -0.3 is 5.32 Å². The SMILES string of the molecule is Cc1c(C(=O)N[C@H](C)c2ccc(C(F)(F)F)cc2)cccc1[N+](=O)[O-]. The van der Waals surface area contributed by atoms with Crippen molar-refractivity contribution in [3.05, 3.63) is 74.8 Å². The van der Waals surface area contributed by atoms with Crippen molar-refractivity contribution in [1.82, 2.24) is 5.32 Å². The van der Waals surface area contributed by atoms with Crippen molar-refractivity contribution < 1.29 is 22.9 Å². The Bertz CT molecular complexity index is 802. The Morgan fingerprint density at radius 1 is 1.16 bits per heavy atom. The maximum Gasteiger partial charge on any atom is 0.416 e. The molecule has 0 aromatic heterocycles. The molecule has 0 saturated heterocycles. The molecule has 2 aromatic rings. The van der Waals surface area contributed by atoms with Crippen LogP contribution in [0.2, 0.25) is 0 Å². The third-order valence-electron chi connectivity index (χ3n) is 3.83. The van der Waals surface area contributed by atoms with Crippen molar-refractivity contribution in [3.8, 4) is 0 Å². The van der Waals surface area contributed by atoms with E-state index in [1.807, 2.05) is 0 Å². The summed E-state index contributed by atoms with van der Waals surface area (Å²) in [5.41, 5.74) is -0.0823. The van der Waals surface area contributed by atoms with E-state index in [1.165, 1.54) is 37.3 Å². The van der Waals surface area contributed by atoms with Gasteiger partial charge in [0.05, 0.1) is 16.5 Å². The van der Waals surface area contributed by atoms with Crippen LogP contribution in [0, 0.1) is 17.0 Å². The summed E-state index contributed by atoms with van der Waals surface area (Å²) in [5.74, 6) is -0.534. The van der Waals surface area contributed by atoms with Gasteiger partial charge in [-0.05, 0) is 37.6 Å². The Labute approximate surface area is 141 Å². The molecule has 0 unspecified atom stereocenters. The number of carbonyl (C=O) groups excluding carboxylic acids is 1. The number of alkyl halides is 3. The number of benzene rings is 2. The molecule has 2 aromatic carbocycles. The smallest absolute Gasteiger partial charge is 0.346 e. The summed E-state index contributed by atoms with van der Waals surface area (Å²) < 4.78 is 37.7. The fraction of sp³-hybridized carbons (Fsp3) is 0.235. The molecule has 1 N–H and O–H groups in total. The van der Waals surface area contributed by atoms with E-state index < -0.39 is 28.6 Å². The zero-order valence-electron chi connectivity index (χ0n) is 13.4. The summed E-state index contributed by atoms with van der Waals surface area (Å²) in [5, 5.41) is 13.6. The zero-order chi connectivity index (χ0) is 18.8. The average molecular weight is 352 g/mol. The Hall–Kier alpha value is -2.90. The first-order chi connectivity index (χ1) is 11.6. The van der Waals surface area contributed by atoms with Gasteiger partial charge in [-0.3, -0.25) is 14.9 Å². The summed E-state index contributed by atoms with van der Waals surface area (Å²) in [6.07, 6.45) is -4.43. The number of nitrogens with one attached hydrogen (secondary N) is 1. The number of halogens is 3. The second-order valence-corrected chi connectivity index (χ2v) is 5.52. The highest BCUT2D eigenvalue weighted by atomic mass is 19.4. The van der Waals surface area contributed by atoms with Crippen LogP contribution in [0.25, 0.3) is 0 Å². The molecule has 0 aliphatic rings. The minimum absolute atomic E-state index is 0.146. The molecule has 0 aliphatic heterocycles. The maximum atomic E-state index is 12.6. The molecule has 1 atom stereocenters. The highest BCUT2D eigenvalue weighted by Crippen LogP contribution is 2.30. The highest BCUT2D eigenvalue weighted by Gasteiger charge is 2.30. The second kappa shape index (κ2) is 6.92. The van der Waals surface area contributed by atoms with Crippen molar-refractivity contribution in [2.45, 2.75) is 26.1 Å². The third kappa shape index (κ3) is 4.14. The maximum absolute atomic E-state index is 12.6. The van der Waals surface area contributed by atoms with Crippen LogP contribution in [0.4, 0.5) is 18.9 Å². The molecule has 0 heterocycles. The Morgan fingerprint density at radius 3 is 2.28 bits per heavy atom. The molecular formula is C17H15F3N2O3. The molecule has 132 valence electrons. The third-order valence-corrected chi connectivity index (χ3v) is 3.83. The molecule has 0 fully saturated rings. The van der Waals surface area contributed by atoms with Crippen molar-refractivity contribution in [2.75, 3.05) is 0 Å². The van der Waals surface area contributed by atoms with Gasteiger partial charge >= 0.3 is 6.18 Å². The topological polar surface area (TPSA) is 72.2 Å². The van der Waals surface area contributed by atoms with Gasteiger partial charge in [0, 0.05) is 17.2 Å². The molecule has 8 heteroatoms. The zero-order valence-corrected chi connectivity index (χ0v) is 13.4. The van der Waals surface area contributed by atoms with Gasteiger partial charge in [-0.1, -0.05) is 18.2 Å². The molecule has 2 rings (SSSR count). The van der Waals surface area contributed by atoms with E-state index >= 15 is 0 Å². The van der Waals surface area contributed by atoms with Gasteiger partial charge in [0.25, 0.3) is 11.6 Å². The molecule has 0 spiro atoms. The number of nitro groups is 1. The van der Waals surface area contributed by atoms with E-state index in [-0.39, 0.29) is 16.8 Å². The standard InChI is InChI=1S/C17H15F3N2O3/c1-10-14(4-3-5-15(10)22(24)25)16(23)21-11(2)12-6-8-13(9-7-12)17(18,19)20/h3-9,11H,1-2H3,(H,21,23)/t11-/m1/s1. The highest BCUT2D eigenvalue weighted by molar-refractivity contribution is 5.96. The van der Waals surface area contributed by atoms with Crippen molar-refractivity contribution in [1.29, 1.82) is 0 Å². The molecule has 0 radical (unpaired) electrons. The van der Waals surface area contributed by atoms with Crippen molar-refractivity contribution in [2.24, 2.45) is 0 Å². The van der Waals surface area contributed by atoms with Crippen LogP contribution in [0.1, 0.15) is 40.0 Å². The second-order valence-electron chi connectivity index (χ2n) is 5.52. The van der Waals surface area contributed by atoms with Gasteiger partial charge in [0.15, 0.2) is 0 Å². The lowest BCUT2D eigenvalue weighted by Gasteiger charge is -2.16. The number of hydrogen-bond donors (Lipinski definition) is 1. The number of amides is 1. The van der Waals surface area contributed by atoms with Crippen LogP contribution in [0.5, 0.6) is 0 Å². The van der Waals surface area contributed by atoms with E-state index in [9.17, 15) is 28.1 Å². The number of rotatable bonds is 4. The molecule has 0 bridgehead atoms. The Kier molecular flexibility index (Phi) is 5.10. The lowest BCUT2D eigenvalue weighted by atomic mass is 10.0. The summed E-state index contributed by atoms with van der Waals surface area (Å²) >= 11 is 0. The van der Waals surface area contributed by atoms with Crippen molar-refractivity contribution >= 4 is 11.6 Å². The lowest BCUT2D eigenvalue weighted by molar-refractivity contribution is -0.385. The Balaban J connectivity index is 2.18. The predicted octanol–water partition coefficient (Wildman–Crippen LogP) is 4.41. The van der Waals surface area contributed by atoms with Crippen molar-refractivity contribution in [3.63, 3.8) is 0 Å². The predicted molar refractivity (Wildman–Crippen MR) is 85.2 cm³/mol. The number of nitrogens with zero attached hydrogens (tertiary/aromatic N) is 1. The van der Waals surface area contributed by atoms with E-state index in [2.05, 4.69) is 5.32 Å². The van der Waals surface area contributed by atoms with Gasteiger partial charge in [0.2, 0.25) is 0 Å². The average Bonchev–Trinajstić information content (AvgIpc) is 2.53. The van der Waals surface area contributed by atoms with E-state index in [1.54, 1.807) is 6.92 Å². The summed E-state index contributed by atoms with van der Waals surface area (Å²) in [4.78, 5) is 22.7. The van der Waals surface area contributed by atoms with Gasteiger partial charge in [-0.2, -0.15) is 13.2 Å². The normalized spacial score (nSPS) is 12.5. The monoisotopic (exact) mass is 352 g/mol. The van der Waals surface area contributed by atoms with E-state index in [0.717, 1.165) is 12.1 Å². The molecule has 5 nitrogen and oxygen atoms in total. The minimum atomic E-state index is -4.43. The number of carbonyl (C=O) groups is 1. The van der Waals surface area contributed by atoms with Crippen LogP contribution in [0.3, 0.4) is 0 Å². The molecule has 1 amide bonds. The van der Waals surface area contributed by atoms with Gasteiger partial charge in [-0.25, -0.2) is 0 Å². The Morgan fingerprint density at radius 2 is 1.76 bits per heavy atom. The van der Waals surface area contributed by atoms with Crippen LogP contribution >= 0.6 is 0 Å². The number of hydrogen-bond acceptors (Lipinski definition) is 3. The van der Waals surface area contributed by atoms with Gasteiger partial charge in [-0.15, -0.1) is 0 Å². The minimum Gasteiger partial charge on any atom is -0.346 e.